The molecule has 0 aromatic heterocycles. The molecule has 0 aliphatic heterocycles. The van der Waals surface area contributed by atoms with Crippen LogP contribution in [0.25, 0.3) is 0 Å². The van der Waals surface area contributed by atoms with E-state index in [4.69, 9.17) is 5.73 Å². The molecule has 0 bridgehead atoms. The fraction of sp³-hybridized carbons (Fsp3) is 0.615. The number of Topliss-reactive ketones (excluding diaryl/α,β-unsaturated/α-hetero) is 1. The van der Waals surface area contributed by atoms with Crippen molar-refractivity contribution in [1.82, 2.24) is 0 Å². The van der Waals surface area contributed by atoms with Gasteiger partial charge in [0.2, 0.25) is 5.91 Å². The Balaban J connectivity index is 2.07. The number of rotatable bonds is 18. The Morgan fingerprint density at radius 3 is 1.87 bits per heavy atom. The fourth-order valence-electron chi connectivity index (χ4n) is 3.69. The summed E-state index contributed by atoms with van der Waals surface area (Å²) in [5, 5.41) is 9.36. The van der Waals surface area contributed by atoms with Gasteiger partial charge in [0.05, 0.1) is 0 Å². The monoisotopic (exact) mass is 415 g/mol. The molecule has 0 aliphatic carbocycles. The van der Waals surface area contributed by atoms with E-state index in [2.05, 4.69) is 19.1 Å². The number of carbonyl (C=O) groups excluding carboxylic acids is 2. The van der Waals surface area contributed by atoms with Crippen molar-refractivity contribution in [3.05, 3.63) is 42.0 Å². The Labute approximate surface area is 182 Å². The van der Waals surface area contributed by atoms with Crippen LogP contribution in [0.5, 0.6) is 5.75 Å². The van der Waals surface area contributed by atoms with Crippen LogP contribution in [0.3, 0.4) is 0 Å². The van der Waals surface area contributed by atoms with E-state index in [0.717, 1.165) is 25.7 Å². The highest BCUT2D eigenvalue weighted by molar-refractivity contribution is 6.06. The summed E-state index contributed by atoms with van der Waals surface area (Å²) in [6.07, 6.45) is 20.7. The molecule has 1 amide bonds. The molecule has 1 unspecified atom stereocenters. The fourth-order valence-corrected chi connectivity index (χ4v) is 3.69. The maximum Gasteiger partial charge on any atom is 0.232 e. The van der Waals surface area contributed by atoms with Crippen LogP contribution >= 0.6 is 0 Å². The Hall–Kier alpha value is -2.10. The minimum Gasteiger partial charge on any atom is -0.508 e. The number of ketones is 1. The molecule has 0 aliphatic rings. The molecule has 0 saturated heterocycles. The van der Waals surface area contributed by atoms with Crippen LogP contribution in [0, 0.1) is 0 Å². The van der Waals surface area contributed by atoms with Crippen molar-refractivity contribution in [3.63, 3.8) is 0 Å². The van der Waals surface area contributed by atoms with Crippen molar-refractivity contribution < 1.29 is 14.7 Å². The molecule has 0 saturated carbocycles. The molecule has 30 heavy (non-hydrogen) atoms. The molecule has 1 atom stereocenters. The number of amides is 1. The predicted molar refractivity (Wildman–Crippen MR) is 125 cm³/mol. The van der Waals surface area contributed by atoms with E-state index >= 15 is 0 Å². The standard InChI is InChI=1S/C26H41NO3/c1-2-3-4-5-6-7-8-9-10-11-12-13-14-15-16-17-24(29)25(26(27)30)22-18-20-23(28)21-19-22/h9-10,18-21,25,28H,2-8,11-17H2,1H3,(H2,27,30). The first-order valence-corrected chi connectivity index (χ1v) is 11.8. The second-order valence-corrected chi connectivity index (χ2v) is 8.23. The van der Waals surface area contributed by atoms with Gasteiger partial charge >= 0.3 is 0 Å². The van der Waals surface area contributed by atoms with Crippen molar-refractivity contribution in [3.8, 4) is 5.75 Å². The maximum absolute atomic E-state index is 12.4. The summed E-state index contributed by atoms with van der Waals surface area (Å²) in [6, 6.07) is 6.12. The summed E-state index contributed by atoms with van der Waals surface area (Å²) in [5.74, 6) is -1.57. The number of unbranched alkanes of at least 4 members (excludes halogenated alkanes) is 11. The Kier molecular flexibility index (Phi) is 14.4. The first-order valence-electron chi connectivity index (χ1n) is 11.8. The average molecular weight is 416 g/mol. The molecule has 0 radical (unpaired) electrons. The van der Waals surface area contributed by atoms with Gasteiger partial charge in [0, 0.05) is 6.42 Å². The van der Waals surface area contributed by atoms with Gasteiger partial charge in [-0.25, -0.2) is 0 Å². The first-order chi connectivity index (χ1) is 14.6. The Bertz CT molecular complexity index is 622. The molecule has 0 spiro atoms. The van der Waals surface area contributed by atoms with E-state index in [1.165, 1.54) is 69.9 Å². The summed E-state index contributed by atoms with van der Waals surface area (Å²) in [4.78, 5) is 24.2. The SMILES string of the molecule is CCCCCCCCC=CCCCCCCCC(=O)C(C(N)=O)c1ccc(O)cc1. The Morgan fingerprint density at radius 2 is 1.33 bits per heavy atom. The van der Waals surface area contributed by atoms with Crippen molar-refractivity contribution in [2.45, 2.75) is 103 Å². The van der Waals surface area contributed by atoms with Gasteiger partial charge in [0.15, 0.2) is 0 Å². The molecule has 1 aromatic rings. The molecule has 4 nitrogen and oxygen atoms in total. The van der Waals surface area contributed by atoms with E-state index in [9.17, 15) is 14.7 Å². The van der Waals surface area contributed by atoms with Gasteiger partial charge in [-0.05, 0) is 49.8 Å². The van der Waals surface area contributed by atoms with Gasteiger partial charge in [-0.15, -0.1) is 0 Å². The summed E-state index contributed by atoms with van der Waals surface area (Å²) in [6.45, 7) is 2.25. The number of hydrogen-bond acceptors (Lipinski definition) is 3. The largest absolute Gasteiger partial charge is 0.508 e. The van der Waals surface area contributed by atoms with Crippen LogP contribution in [0.15, 0.2) is 36.4 Å². The number of aromatic hydroxyl groups is 1. The number of hydrogen-bond donors (Lipinski definition) is 2. The highest BCUT2D eigenvalue weighted by Gasteiger charge is 2.25. The number of phenolic OH excluding ortho intramolecular Hbond substituents is 1. The number of nitrogens with two attached hydrogens (primary N) is 1. The van der Waals surface area contributed by atoms with Gasteiger partial charge in [-0.3, -0.25) is 9.59 Å². The maximum atomic E-state index is 12.4. The lowest BCUT2D eigenvalue weighted by Crippen LogP contribution is -2.28. The second kappa shape index (κ2) is 16.7. The van der Waals surface area contributed by atoms with Crippen molar-refractivity contribution in [1.29, 1.82) is 0 Å². The lowest BCUT2D eigenvalue weighted by molar-refractivity contribution is -0.128. The molecule has 0 fully saturated rings. The third kappa shape index (κ3) is 11.8. The molecule has 0 heterocycles. The van der Waals surface area contributed by atoms with Gasteiger partial charge < -0.3 is 10.8 Å². The molecule has 1 aromatic carbocycles. The topological polar surface area (TPSA) is 80.4 Å². The van der Waals surface area contributed by atoms with Gasteiger partial charge in [0.25, 0.3) is 0 Å². The van der Waals surface area contributed by atoms with Crippen LogP contribution in [-0.2, 0) is 9.59 Å². The van der Waals surface area contributed by atoms with Crippen molar-refractivity contribution in [2.75, 3.05) is 0 Å². The molecule has 3 N–H and O–H groups in total. The van der Waals surface area contributed by atoms with Gasteiger partial charge in [-0.2, -0.15) is 0 Å². The predicted octanol–water partition coefficient (Wildman–Crippen LogP) is 6.57. The van der Waals surface area contributed by atoms with Gasteiger partial charge in [-0.1, -0.05) is 82.6 Å². The third-order valence-corrected chi connectivity index (χ3v) is 5.52. The molecular weight excluding hydrogens is 374 g/mol. The zero-order chi connectivity index (χ0) is 22.0. The van der Waals surface area contributed by atoms with Gasteiger partial charge in [0.1, 0.15) is 17.5 Å². The number of carbonyl (C=O) groups is 2. The highest BCUT2D eigenvalue weighted by atomic mass is 16.3. The summed E-state index contributed by atoms with van der Waals surface area (Å²) < 4.78 is 0. The Morgan fingerprint density at radius 1 is 0.833 bits per heavy atom. The van der Waals surface area contributed by atoms with Crippen LogP contribution in [0.2, 0.25) is 0 Å². The minimum atomic E-state index is -0.914. The van der Waals surface area contributed by atoms with E-state index < -0.39 is 11.8 Å². The normalized spacial score (nSPS) is 12.3. The van der Waals surface area contributed by atoms with Crippen LogP contribution in [0.4, 0.5) is 0 Å². The third-order valence-electron chi connectivity index (χ3n) is 5.52. The molecule has 168 valence electrons. The van der Waals surface area contributed by atoms with Crippen LogP contribution < -0.4 is 5.73 Å². The summed E-state index contributed by atoms with van der Waals surface area (Å²) in [7, 11) is 0. The smallest absolute Gasteiger partial charge is 0.232 e. The van der Waals surface area contributed by atoms with E-state index in [0.29, 0.717) is 12.0 Å². The number of allylic oxidation sites excluding steroid dienone is 2. The summed E-state index contributed by atoms with van der Waals surface area (Å²) >= 11 is 0. The molecule has 4 heteroatoms. The number of phenols is 1. The lowest BCUT2D eigenvalue weighted by atomic mass is 9.91. The summed E-state index contributed by atoms with van der Waals surface area (Å²) in [5.41, 5.74) is 5.99. The van der Waals surface area contributed by atoms with E-state index in [-0.39, 0.29) is 11.5 Å². The van der Waals surface area contributed by atoms with Crippen LogP contribution in [-0.4, -0.2) is 16.8 Å². The van der Waals surface area contributed by atoms with Crippen molar-refractivity contribution in [2.24, 2.45) is 5.73 Å². The average Bonchev–Trinajstić information content (AvgIpc) is 2.72. The van der Waals surface area contributed by atoms with Crippen molar-refractivity contribution >= 4 is 11.7 Å². The first kappa shape index (κ1) is 25.9. The lowest BCUT2D eigenvalue weighted by Gasteiger charge is -2.13. The van der Waals surface area contributed by atoms with Crippen LogP contribution in [0.1, 0.15) is 108 Å². The zero-order valence-electron chi connectivity index (χ0n) is 18.8. The molecular formula is C26H41NO3. The molecule has 1 rings (SSSR count). The highest BCUT2D eigenvalue weighted by Crippen LogP contribution is 2.22. The quantitative estimate of drug-likeness (QED) is 0.162. The zero-order valence-corrected chi connectivity index (χ0v) is 18.8. The number of primary amides is 1. The van der Waals surface area contributed by atoms with E-state index in [1.54, 1.807) is 12.1 Å². The minimum absolute atomic E-state index is 0.103. The van der Waals surface area contributed by atoms with E-state index in [1.807, 2.05) is 0 Å². The second-order valence-electron chi connectivity index (χ2n) is 8.23. The number of benzene rings is 1.